The Kier molecular flexibility index (Phi) is 7.15. The van der Waals surface area contributed by atoms with E-state index in [4.69, 9.17) is 26.5 Å². The summed E-state index contributed by atoms with van der Waals surface area (Å²) in [6.07, 6.45) is 3.87. The molecule has 1 unspecified atom stereocenters. The van der Waals surface area contributed by atoms with E-state index >= 15 is 0 Å². The number of nitrogens with zero attached hydrogens (tertiary/aromatic N) is 3. The Hall–Kier alpha value is -3.10. The van der Waals surface area contributed by atoms with E-state index < -0.39 is 0 Å². The van der Waals surface area contributed by atoms with Gasteiger partial charge < -0.3 is 19.5 Å². The number of nitrogens with one attached hydrogen (secondary N) is 1. The molecule has 0 saturated heterocycles. The fourth-order valence-corrected chi connectivity index (χ4v) is 4.51. The summed E-state index contributed by atoms with van der Waals surface area (Å²) in [5.74, 6) is 1.83. The summed E-state index contributed by atoms with van der Waals surface area (Å²) in [6, 6.07) is 15.8. The fourth-order valence-electron chi connectivity index (χ4n) is 3.77. The highest BCUT2D eigenvalue weighted by atomic mass is 32.2. The number of rotatable bonds is 8. The van der Waals surface area contributed by atoms with Crippen LogP contribution in [0.2, 0.25) is 0 Å². The lowest BCUT2D eigenvalue weighted by Crippen LogP contribution is -2.45. The van der Waals surface area contributed by atoms with Crippen LogP contribution in [0.5, 0.6) is 5.75 Å². The molecule has 4 rings (SSSR count). The topological polar surface area (TPSA) is 63.4 Å². The maximum atomic E-state index is 5.78. The van der Waals surface area contributed by atoms with Gasteiger partial charge in [-0.25, -0.2) is 0 Å². The molecule has 1 atom stereocenters. The van der Waals surface area contributed by atoms with E-state index in [0.29, 0.717) is 30.0 Å². The highest BCUT2D eigenvalue weighted by molar-refractivity contribution is 7.98. The van der Waals surface area contributed by atoms with Gasteiger partial charge in [-0.15, -0.1) is 18.3 Å². The van der Waals surface area contributed by atoms with E-state index in [1.54, 1.807) is 11.8 Å². The first-order valence-corrected chi connectivity index (χ1v) is 12.3. The first-order valence-electron chi connectivity index (χ1n) is 10.7. The fraction of sp³-hybridized carbons (Fsp3) is 0.240. The molecule has 3 aromatic rings. The Morgan fingerprint density at radius 1 is 1.21 bits per heavy atom. The predicted octanol–water partition coefficient (Wildman–Crippen LogP) is 5.71. The van der Waals surface area contributed by atoms with Crippen LogP contribution >= 0.6 is 24.0 Å². The van der Waals surface area contributed by atoms with Gasteiger partial charge in [0.25, 0.3) is 5.89 Å². The molecule has 0 spiro atoms. The molecular formula is C25H26N4O2S2. The smallest absolute Gasteiger partial charge is 0.258 e. The molecule has 0 radical (unpaired) electrons. The first kappa shape index (κ1) is 23.1. The normalized spacial score (nSPS) is 16.0. The Balaban J connectivity index is 1.75. The molecule has 0 fully saturated rings. The highest BCUT2D eigenvalue weighted by Gasteiger charge is 2.33. The molecule has 1 N–H and O–H groups in total. The number of allylic oxidation sites excluding steroid dienone is 1. The van der Waals surface area contributed by atoms with Gasteiger partial charge >= 0.3 is 0 Å². The first-order chi connectivity index (χ1) is 16.0. The molecule has 1 aromatic heterocycles. The standard InChI is InChI=1S/C25H26N4O2S2/c1-5-15-29-16(3)21(22(26-25(29)32)17-7-11-19(12-8-17)30-6-2)24-27-23(28-31-24)18-9-13-20(33-4)14-10-18/h5,7-14,22H,1,6,15H2,2-4H3,(H,26,32). The van der Waals surface area contributed by atoms with Gasteiger partial charge in [-0.05, 0) is 74.3 Å². The summed E-state index contributed by atoms with van der Waals surface area (Å²) in [5.41, 5.74) is 3.76. The Bertz CT molecular complexity index is 1170. The summed E-state index contributed by atoms with van der Waals surface area (Å²) in [4.78, 5) is 7.92. The average molecular weight is 479 g/mol. The molecule has 1 aliphatic heterocycles. The van der Waals surface area contributed by atoms with Crippen LogP contribution in [0.4, 0.5) is 0 Å². The van der Waals surface area contributed by atoms with Gasteiger partial charge in [-0.1, -0.05) is 23.4 Å². The molecule has 0 bridgehead atoms. The third kappa shape index (κ3) is 4.82. The number of aromatic nitrogens is 2. The van der Waals surface area contributed by atoms with Gasteiger partial charge in [0, 0.05) is 22.7 Å². The molecule has 0 amide bonds. The zero-order valence-electron chi connectivity index (χ0n) is 18.9. The van der Waals surface area contributed by atoms with Crippen LogP contribution in [-0.4, -0.2) is 39.6 Å². The van der Waals surface area contributed by atoms with Crippen molar-refractivity contribution >= 4 is 34.7 Å². The largest absolute Gasteiger partial charge is 0.494 e. The number of thiocarbonyl (C=S) groups is 1. The molecule has 6 nitrogen and oxygen atoms in total. The molecule has 0 aliphatic carbocycles. The van der Waals surface area contributed by atoms with Gasteiger partial charge in [-0.2, -0.15) is 4.98 Å². The number of benzene rings is 2. The van der Waals surface area contributed by atoms with E-state index in [-0.39, 0.29) is 6.04 Å². The maximum absolute atomic E-state index is 5.78. The summed E-state index contributed by atoms with van der Waals surface area (Å²) in [7, 11) is 0. The monoisotopic (exact) mass is 478 g/mol. The third-order valence-electron chi connectivity index (χ3n) is 5.44. The van der Waals surface area contributed by atoms with Crippen molar-refractivity contribution in [3.63, 3.8) is 0 Å². The van der Waals surface area contributed by atoms with E-state index in [9.17, 15) is 0 Å². The molecule has 0 saturated carbocycles. The Labute approximate surface area is 203 Å². The second-order valence-electron chi connectivity index (χ2n) is 7.43. The van der Waals surface area contributed by atoms with Crippen molar-refractivity contribution in [2.24, 2.45) is 0 Å². The lowest BCUT2D eigenvalue weighted by Gasteiger charge is -2.36. The second kappa shape index (κ2) is 10.2. The van der Waals surface area contributed by atoms with E-state index in [0.717, 1.165) is 28.1 Å². The zero-order chi connectivity index (χ0) is 23.4. The van der Waals surface area contributed by atoms with Crippen molar-refractivity contribution in [3.8, 4) is 17.1 Å². The highest BCUT2D eigenvalue weighted by Crippen LogP contribution is 2.38. The molecule has 2 heterocycles. The second-order valence-corrected chi connectivity index (χ2v) is 8.70. The van der Waals surface area contributed by atoms with Crippen LogP contribution in [-0.2, 0) is 0 Å². The van der Waals surface area contributed by atoms with Crippen molar-refractivity contribution in [1.82, 2.24) is 20.4 Å². The summed E-state index contributed by atoms with van der Waals surface area (Å²) in [6.45, 7) is 9.05. The zero-order valence-corrected chi connectivity index (χ0v) is 20.5. The molecule has 1 aliphatic rings. The number of hydrogen-bond donors (Lipinski definition) is 1. The van der Waals surface area contributed by atoms with Gasteiger partial charge in [0.2, 0.25) is 5.82 Å². The quantitative estimate of drug-likeness (QED) is 0.251. The minimum Gasteiger partial charge on any atom is -0.494 e. The van der Waals surface area contributed by atoms with Gasteiger partial charge in [-0.3, -0.25) is 0 Å². The minimum absolute atomic E-state index is 0.235. The predicted molar refractivity (Wildman–Crippen MR) is 137 cm³/mol. The Morgan fingerprint density at radius 3 is 2.58 bits per heavy atom. The molecule has 170 valence electrons. The number of ether oxygens (including phenoxy) is 1. The van der Waals surface area contributed by atoms with Crippen LogP contribution < -0.4 is 10.1 Å². The third-order valence-corrected chi connectivity index (χ3v) is 6.52. The van der Waals surface area contributed by atoms with E-state index in [2.05, 4.69) is 29.2 Å². The van der Waals surface area contributed by atoms with E-state index in [1.807, 2.05) is 67.5 Å². The van der Waals surface area contributed by atoms with Crippen LogP contribution in [0, 0.1) is 0 Å². The molecular weight excluding hydrogens is 452 g/mol. The summed E-state index contributed by atoms with van der Waals surface area (Å²) >= 11 is 7.36. The molecule has 33 heavy (non-hydrogen) atoms. The maximum Gasteiger partial charge on any atom is 0.258 e. The summed E-state index contributed by atoms with van der Waals surface area (Å²) < 4.78 is 11.4. The van der Waals surface area contributed by atoms with Crippen LogP contribution in [0.15, 0.2) is 76.3 Å². The number of thioether (sulfide) groups is 1. The van der Waals surface area contributed by atoms with E-state index in [1.165, 1.54) is 4.90 Å². The van der Waals surface area contributed by atoms with Gasteiger partial charge in [0.05, 0.1) is 18.2 Å². The van der Waals surface area contributed by atoms with Crippen LogP contribution in [0.25, 0.3) is 17.0 Å². The van der Waals surface area contributed by atoms with Crippen molar-refractivity contribution < 1.29 is 9.26 Å². The van der Waals surface area contributed by atoms with Crippen LogP contribution in [0.3, 0.4) is 0 Å². The van der Waals surface area contributed by atoms with Crippen molar-refractivity contribution in [3.05, 3.63) is 78.3 Å². The average Bonchev–Trinajstić information content (AvgIpc) is 3.32. The lowest BCUT2D eigenvalue weighted by atomic mass is 9.94. The van der Waals surface area contributed by atoms with Crippen molar-refractivity contribution in [2.75, 3.05) is 19.4 Å². The molecule has 8 heteroatoms. The van der Waals surface area contributed by atoms with Gasteiger partial charge in [0.15, 0.2) is 5.11 Å². The van der Waals surface area contributed by atoms with Gasteiger partial charge in [0.1, 0.15) is 5.75 Å². The van der Waals surface area contributed by atoms with Crippen LogP contribution in [0.1, 0.15) is 31.3 Å². The SMILES string of the molecule is C=CCN1C(=S)NC(c2ccc(OCC)cc2)C(c2nc(-c3ccc(SC)cc3)no2)=C1C. The van der Waals surface area contributed by atoms with Crippen molar-refractivity contribution in [2.45, 2.75) is 24.8 Å². The minimum atomic E-state index is -0.235. The summed E-state index contributed by atoms with van der Waals surface area (Å²) in [5, 5.41) is 8.33. The lowest BCUT2D eigenvalue weighted by molar-refractivity contribution is 0.340. The Morgan fingerprint density at radius 2 is 1.94 bits per heavy atom. The van der Waals surface area contributed by atoms with Crippen molar-refractivity contribution in [1.29, 1.82) is 0 Å². The molecule has 2 aromatic carbocycles. The number of hydrogen-bond acceptors (Lipinski definition) is 6.